The van der Waals surface area contributed by atoms with Gasteiger partial charge in [0.15, 0.2) is 5.90 Å². The van der Waals surface area contributed by atoms with Gasteiger partial charge in [-0.3, -0.25) is 0 Å². The molecule has 1 saturated carbocycles. The predicted molar refractivity (Wildman–Crippen MR) is 55.4 cm³/mol. The lowest BCUT2D eigenvalue weighted by atomic mass is 9.91. The summed E-state index contributed by atoms with van der Waals surface area (Å²) in [6.07, 6.45) is 2.52. The van der Waals surface area contributed by atoms with Gasteiger partial charge in [-0.15, -0.1) is 0 Å². The maximum Gasteiger partial charge on any atom is 0.189 e. The maximum absolute atomic E-state index is 9.51. The number of aliphatic hydroxyl groups excluding tert-OH is 1. The first-order chi connectivity index (χ1) is 6.47. The molecular weight excluding hydrogens is 178 g/mol. The molecule has 0 saturated heterocycles. The van der Waals surface area contributed by atoms with Crippen LogP contribution >= 0.6 is 0 Å². The quantitative estimate of drug-likeness (QED) is 0.642. The van der Waals surface area contributed by atoms with Crippen molar-refractivity contribution in [2.75, 3.05) is 0 Å². The molecule has 1 aliphatic heterocycles. The Hall–Kier alpha value is -0.570. The van der Waals surface area contributed by atoms with Gasteiger partial charge in [-0.2, -0.15) is 0 Å². The lowest BCUT2D eigenvalue weighted by Gasteiger charge is -2.27. The Balaban J connectivity index is 2.07. The maximum atomic E-state index is 9.51. The highest BCUT2D eigenvalue weighted by atomic mass is 16.5. The number of fused-ring (bicyclic) bond motifs is 1. The molecule has 0 aromatic heterocycles. The van der Waals surface area contributed by atoms with Gasteiger partial charge in [0.2, 0.25) is 0 Å². The summed E-state index contributed by atoms with van der Waals surface area (Å²) < 4.78 is 5.79. The molecule has 0 spiro atoms. The van der Waals surface area contributed by atoms with E-state index in [0.29, 0.717) is 6.04 Å². The van der Waals surface area contributed by atoms with Crippen molar-refractivity contribution in [2.45, 2.75) is 58.3 Å². The second kappa shape index (κ2) is 3.23. The second-order valence-corrected chi connectivity index (χ2v) is 5.37. The van der Waals surface area contributed by atoms with E-state index in [1.165, 1.54) is 0 Å². The van der Waals surface area contributed by atoms with E-state index in [0.717, 1.165) is 25.2 Å². The van der Waals surface area contributed by atoms with E-state index in [1.54, 1.807) is 0 Å². The third-order valence-corrected chi connectivity index (χ3v) is 2.92. The zero-order valence-corrected chi connectivity index (χ0v) is 9.16. The van der Waals surface area contributed by atoms with Crippen LogP contribution < -0.4 is 0 Å². The van der Waals surface area contributed by atoms with Gasteiger partial charge in [-0.25, -0.2) is 4.99 Å². The van der Waals surface area contributed by atoms with Crippen molar-refractivity contribution in [3.8, 4) is 0 Å². The van der Waals surface area contributed by atoms with Gasteiger partial charge >= 0.3 is 0 Å². The highest BCUT2D eigenvalue weighted by Crippen LogP contribution is 2.33. The Morgan fingerprint density at radius 2 is 2.07 bits per heavy atom. The molecule has 3 atom stereocenters. The summed E-state index contributed by atoms with van der Waals surface area (Å²) in [5, 5.41) is 9.51. The summed E-state index contributed by atoms with van der Waals surface area (Å²) in [5.41, 5.74) is 0.00227. The van der Waals surface area contributed by atoms with E-state index in [1.807, 2.05) is 0 Å². The number of aliphatic imine (C=N–C) groups is 1. The van der Waals surface area contributed by atoms with Gasteiger partial charge in [0.1, 0.15) is 6.10 Å². The van der Waals surface area contributed by atoms with Crippen LogP contribution in [0.15, 0.2) is 4.99 Å². The first kappa shape index (κ1) is 9.97. The van der Waals surface area contributed by atoms with E-state index < -0.39 is 0 Å². The van der Waals surface area contributed by atoms with Crippen molar-refractivity contribution in [1.29, 1.82) is 0 Å². The molecule has 3 nitrogen and oxygen atoms in total. The number of ether oxygens (including phenoxy) is 1. The average Bonchev–Trinajstić information content (AvgIpc) is 2.45. The second-order valence-electron chi connectivity index (χ2n) is 5.37. The van der Waals surface area contributed by atoms with E-state index in [9.17, 15) is 5.11 Å². The molecule has 0 amide bonds. The molecule has 1 heterocycles. The minimum Gasteiger partial charge on any atom is -0.475 e. The van der Waals surface area contributed by atoms with Gasteiger partial charge in [0, 0.05) is 11.8 Å². The summed E-state index contributed by atoms with van der Waals surface area (Å²) in [5.74, 6) is 0.863. The van der Waals surface area contributed by atoms with Crippen molar-refractivity contribution < 1.29 is 9.84 Å². The van der Waals surface area contributed by atoms with Crippen LogP contribution in [0.25, 0.3) is 0 Å². The molecule has 2 rings (SSSR count). The fraction of sp³-hybridized carbons (Fsp3) is 0.909. The third-order valence-electron chi connectivity index (χ3n) is 2.92. The molecule has 3 unspecified atom stereocenters. The minimum absolute atomic E-state index is 0.00227. The average molecular weight is 197 g/mol. The van der Waals surface area contributed by atoms with Gasteiger partial charge in [0.05, 0.1) is 12.1 Å². The van der Waals surface area contributed by atoms with Crippen LogP contribution in [0, 0.1) is 5.41 Å². The highest BCUT2D eigenvalue weighted by Gasteiger charge is 2.39. The number of nitrogens with zero attached hydrogens (tertiary/aromatic N) is 1. The fourth-order valence-corrected chi connectivity index (χ4v) is 2.06. The Kier molecular flexibility index (Phi) is 2.30. The Morgan fingerprint density at radius 1 is 1.36 bits per heavy atom. The largest absolute Gasteiger partial charge is 0.475 e. The molecule has 0 aromatic carbocycles. The predicted octanol–water partition coefficient (Wildman–Crippen LogP) is 1.74. The number of aliphatic hydroxyl groups is 1. The van der Waals surface area contributed by atoms with Gasteiger partial charge in [0.25, 0.3) is 0 Å². The molecule has 0 bridgehead atoms. The van der Waals surface area contributed by atoms with Crippen LogP contribution in [0.5, 0.6) is 0 Å². The lowest BCUT2D eigenvalue weighted by molar-refractivity contribution is 0.0465. The Labute approximate surface area is 85.2 Å². The molecule has 0 aromatic rings. The molecule has 80 valence electrons. The van der Waals surface area contributed by atoms with Crippen molar-refractivity contribution in [3.63, 3.8) is 0 Å². The molecular formula is C11H19NO2. The molecule has 2 aliphatic rings. The topological polar surface area (TPSA) is 41.8 Å². The van der Waals surface area contributed by atoms with E-state index >= 15 is 0 Å². The number of rotatable bonds is 0. The van der Waals surface area contributed by atoms with Crippen LogP contribution in [0.4, 0.5) is 0 Å². The van der Waals surface area contributed by atoms with Crippen LogP contribution in [-0.2, 0) is 4.74 Å². The standard InChI is InChI=1S/C11H19NO2/c1-11(2,3)10-12-8-5-4-7(13)6-9(8)14-10/h7-9,13H,4-6H2,1-3H3. The smallest absolute Gasteiger partial charge is 0.189 e. The van der Waals surface area contributed by atoms with Crippen molar-refractivity contribution in [3.05, 3.63) is 0 Å². The fourth-order valence-electron chi connectivity index (χ4n) is 2.06. The van der Waals surface area contributed by atoms with Crippen molar-refractivity contribution in [1.82, 2.24) is 0 Å². The van der Waals surface area contributed by atoms with Gasteiger partial charge < -0.3 is 9.84 Å². The lowest BCUT2D eigenvalue weighted by Crippen LogP contribution is -2.34. The molecule has 1 aliphatic carbocycles. The molecule has 14 heavy (non-hydrogen) atoms. The molecule has 1 N–H and O–H groups in total. The summed E-state index contributed by atoms with van der Waals surface area (Å²) in [6.45, 7) is 6.33. The monoisotopic (exact) mass is 197 g/mol. The molecule has 1 fully saturated rings. The van der Waals surface area contributed by atoms with Gasteiger partial charge in [-0.1, -0.05) is 20.8 Å². The third kappa shape index (κ3) is 1.78. The summed E-state index contributed by atoms with van der Waals surface area (Å²) >= 11 is 0. The Bertz CT molecular complexity index is 255. The van der Waals surface area contributed by atoms with Crippen LogP contribution in [0.1, 0.15) is 40.0 Å². The zero-order chi connectivity index (χ0) is 10.3. The van der Waals surface area contributed by atoms with E-state index in [4.69, 9.17) is 4.74 Å². The molecule has 0 radical (unpaired) electrons. The zero-order valence-electron chi connectivity index (χ0n) is 9.16. The van der Waals surface area contributed by atoms with E-state index in [2.05, 4.69) is 25.8 Å². The van der Waals surface area contributed by atoms with Crippen LogP contribution in [0.2, 0.25) is 0 Å². The summed E-state index contributed by atoms with van der Waals surface area (Å²) in [4.78, 5) is 4.60. The first-order valence-corrected chi connectivity index (χ1v) is 5.40. The first-order valence-electron chi connectivity index (χ1n) is 5.40. The SMILES string of the molecule is CC(C)(C)C1=NC2CCC(O)CC2O1. The summed E-state index contributed by atoms with van der Waals surface area (Å²) in [6, 6.07) is 0.299. The van der Waals surface area contributed by atoms with Crippen LogP contribution in [-0.4, -0.2) is 29.3 Å². The van der Waals surface area contributed by atoms with Crippen LogP contribution in [0.3, 0.4) is 0 Å². The van der Waals surface area contributed by atoms with Gasteiger partial charge in [-0.05, 0) is 12.8 Å². The normalized spacial score (nSPS) is 37.4. The van der Waals surface area contributed by atoms with Crippen molar-refractivity contribution >= 4 is 5.90 Å². The minimum atomic E-state index is -0.189. The highest BCUT2D eigenvalue weighted by molar-refractivity contribution is 5.83. The number of hydrogen-bond acceptors (Lipinski definition) is 3. The summed E-state index contributed by atoms with van der Waals surface area (Å²) in [7, 11) is 0. The van der Waals surface area contributed by atoms with Crippen molar-refractivity contribution in [2.24, 2.45) is 10.4 Å². The number of hydrogen-bond donors (Lipinski definition) is 1. The van der Waals surface area contributed by atoms with E-state index in [-0.39, 0.29) is 17.6 Å². The Morgan fingerprint density at radius 3 is 2.71 bits per heavy atom. The molecule has 3 heteroatoms.